The molecule has 16 nitrogen and oxygen atoms in total. The molecule has 1 aromatic carbocycles. The molecule has 4 N–H and O–H groups in total. The number of hydrogen-bond donors (Lipinski definition) is 4. The molecule has 2 aliphatic heterocycles. The highest BCUT2D eigenvalue weighted by molar-refractivity contribution is 7.14. The smallest absolute Gasteiger partial charge is 0.408 e. The Labute approximate surface area is 384 Å². The number of morpholine rings is 1. The highest BCUT2D eigenvalue weighted by Gasteiger charge is 2.54. The summed E-state index contributed by atoms with van der Waals surface area (Å²) in [6.45, 7) is 19.1. The first kappa shape index (κ1) is 47.5. The summed E-state index contributed by atoms with van der Waals surface area (Å²) < 4.78 is 24.3. The van der Waals surface area contributed by atoms with Crippen molar-refractivity contribution in [1.29, 1.82) is 0 Å². The number of anilines is 1. The van der Waals surface area contributed by atoms with Crippen LogP contribution in [-0.2, 0) is 23.9 Å². The minimum Gasteiger partial charge on any atom is -0.491 e. The Bertz CT molecular complexity index is 2180. The highest BCUT2D eigenvalue weighted by Crippen LogP contribution is 2.57. The number of carboxylic acids is 1. The second kappa shape index (κ2) is 19.6. The average Bonchev–Trinajstić information content (AvgIpc) is 3.72. The van der Waals surface area contributed by atoms with Gasteiger partial charge in [0.25, 0.3) is 0 Å². The molecule has 4 heterocycles. The molecule has 0 spiro atoms. The van der Waals surface area contributed by atoms with Gasteiger partial charge in [-0.05, 0) is 75.3 Å². The van der Waals surface area contributed by atoms with E-state index in [4.69, 9.17) is 40.5 Å². The van der Waals surface area contributed by atoms with Crippen LogP contribution in [0.25, 0.3) is 22.3 Å². The molecule has 2 aromatic heterocycles. The predicted octanol–water partition coefficient (Wildman–Crippen LogP) is 6.84. The molecule has 2 saturated carbocycles. The molecule has 3 amide bonds. The molecule has 2 unspecified atom stereocenters. The fourth-order valence-electron chi connectivity index (χ4n) is 9.33. The summed E-state index contributed by atoms with van der Waals surface area (Å²) in [4.78, 5) is 68.6. The van der Waals surface area contributed by atoms with Gasteiger partial charge in [-0.15, -0.1) is 11.3 Å². The Balaban J connectivity index is 1.19. The van der Waals surface area contributed by atoms with Crippen LogP contribution in [0, 0.1) is 23.2 Å². The van der Waals surface area contributed by atoms with Crippen molar-refractivity contribution in [3.8, 4) is 22.9 Å². The summed E-state index contributed by atoms with van der Waals surface area (Å²) in [5.74, 6) is 0.287. The topological polar surface area (TPSA) is 194 Å². The number of carbonyl (C=O) groups excluding carboxylic acids is 3. The summed E-state index contributed by atoms with van der Waals surface area (Å²) >= 11 is 8.55. The Morgan fingerprint density at radius 2 is 1.73 bits per heavy atom. The van der Waals surface area contributed by atoms with Gasteiger partial charge in [-0.3, -0.25) is 14.5 Å². The number of nitrogens with zero attached hydrogens (tertiary/aromatic N) is 4. The van der Waals surface area contributed by atoms with E-state index in [9.17, 15) is 24.3 Å². The SMILES string of the molecule is CCC[C@@](C)(NC(=O)[C@@H]1C[C@@H](Oc2cc(-c3csc(NC(C)C)n3)nc3c(Cl)c(OCCN4CCOCC4)ccc23)CN1C(=O)[C@@H](NC(=O)O[C@H]1CC2C(C1)[C@@H]2C)C(C)(C)C)C(=O)O. The Kier molecular flexibility index (Phi) is 14.5. The molecule has 350 valence electrons. The number of likely N-dealkylation sites (tertiary alicyclic amines) is 1. The van der Waals surface area contributed by atoms with Crippen LogP contribution in [0.3, 0.4) is 0 Å². The minimum atomic E-state index is -1.59. The second-order valence-corrected chi connectivity index (χ2v) is 20.6. The number of fused-ring (bicyclic) bond motifs is 2. The fraction of sp³-hybridized carbons (Fsp3) is 0.652. The van der Waals surface area contributed by atoms with Crippen LogP contribution in [0.2, 0.25) is 5.02 Å². The number of pyridine rings is 1. The van der Waals surface area contributed by atoms with Crippen LogP contribution in [0.4, 0.5) is 9.93 Å². The normalized spacial score (nSPS) is 24.8. The van der Waals surface area contributed by atoms with Gasteiger partial charge in [0, 0.05) is 48.9 Å². The van der Waals surface area contributed by atoms with E-state index in [1.807, 2.05) is 53.0 Å². The number of thiazole rings is 1. The molecule has 7 rings (SSSR count). The average molecular weight is 927 g/mol. The van der Waals surface area contributed by atoms with Crippen molar-refractivity contribution < 1.29 is 43.2 Å². The van der Waals surface area contributed by atoms with Gasteiger partial charge in [-0.25, -0.2) is 19.6 Å². The van der Waals surface area contributed by atoms with Crippen molar-refractivity contribution in [3.05, 3.63) is 28.6 Å². The first-order valence-electron chi connectivity index (χ1n) is 22.6. The fourth-order valence-corrected chi connectivity index (χ4v) is 10.4. The number of carbonyl (C=O) groups is 4. The lowest BCUT2D eigenvalue weighted by atomic mass is 9.85. The zero-order valence-electron chi connectivity index (χ0n) is 38.2. The summed E-state index contributed by atoms with van der Waals surface area (Å²) in [5, 5.41) is 22.6. The number of nitrogens with one attached hydrogen (secondary N) is 3. The van der Waals surface area contributed by atoms with Gasteiger partial charge in [0.15, 0.2) is 5.13 Å². The molecule has 6 atom stereocenters. The van der Waals surface area contributed by atoms with Gasteiger partial charge in [-0.1, -0.05) is 52.6 Å². The zero-order valence-corrected chi connectivity index (χ0v) is 39.8. The monoisotopic (exact) mass is 925 g/mol. The third-order valence-corrected chi connectivity index (χ3v) is 14.2. The largest absolute Gasteiger partial charge is 0.491 e. The van der Waals surface area contributed by atoms with Crippen LogP contribution < -0.4 is 25.4 Å². The number of benzene rings is 1. The van der Waals surface area contributed by atoms with Crippen molar-refractivity contribution in [3.63, 3.8) is 0 Å². The van der Waals surface area contributed by atoms with Gasteiger partial charge in [-0.2, -0.15) is 0 Å². The van der Waals surface area contributed by atoms with E-state index in [1.165, 1.54) is 23.2 Å². The Morgan fingerprint density at radius 3 is 2.39 bits per heavy atom. The third-order valence-electron chi connectivity index (χ3n) is 13.0. The summed E-state index contributed by atoms with van der Waals surface area (Å²) in [7, 11) is 0. The number of halogens is 1. The summed E-state index contributed by atoms with van der Waals surface area (Å²) in [6, 6.07) is 3.32. The minimum absolute atomic E-state index is 0.0263. The number of carboxylic acid groups (broad SMARTS) is 1. The van der Waals surface area contributed by atoms with E-state index in [2.05, 4.69) is 27.8 Å². The Morgan fingerprint density at radius 1 is 1.02 bits per heavy atom. The van der Waals surface area contributed by atoms with E-state index in [1.54, 1.807) is 12.1 Å². The molecule has 18 heteroatoms. The molecule has 2 saturated heterocycles. The van der Waals surface area contributed by atoms with Crippen LogP contribution in [0.5, 0.6) is 11.5 Å². The maximum absolute atomic E-state index is 14.8. The number of aliphatic carboxylic acids is 1. The van der Waals surface area contributed by atoms with E-state index in [-0.39, 0.29) is 31.5 Å². The van der Waals surface area contributed by atoms with E-state index >= 15 is 0 Å². The van der Waals surface area contributed by atoms with E-state index < -0.39 is 53.0 Å². The zero-order chi connectivity index (χ0) is 46.1. The van der Waals surface area contributed by atoms with Crippen LogP contribution in [0.15, 0.2) is 23.6 Å². The predicted molar refractivity (Wildman–Crippen MR) is 245 cm³/mol. The van der Waals surface area contributed by atoms with Gasteiger partial charge in [0.1, 0.15) is 58.7 Å². The lowest BCUT2D eigenvalue weighted by molar-refractivity contribution is -0.149. The first-order chi connectivity index (χ1) is 30.3. The quantitative estimate of drug-likeness (QED) is 0.110. The number of ether oxygens (including phenoxy) is 4. The van der Waals surface area contributed by atoms with Crippen molar-refractivity contribution in [2.45, 2.75) is 123 Å². The first-order valence-corrected chi connectivity index (χ1v) is 23.9. The lowest BCUT2D eigenvalue weighted by Crippen LogP contribution is -2.60. The van der Waals surface area contributed by atoms with Crippen molar-refractivity contribution in [2.24, 2.45) is 23.2 Å². The standard InChI is InChI=1S/C46H64ClN7O9S/c1-9-12-46(8,42(57)58)52-40(55)34-21-28(23-54(34)41(56)39(45(5,6)7)51-44(59)63-27-19-30-26(4)31(30)20-27)62-36-22-32(33-24-64-43(50-33)48-25(2)3)49-38-29(36)10-11-35(37(38)47)61-18-15-53-13-16-60-17-14-53/h10-11,22,24-28,30-31,34,39H,9,12-21,23H2,1-8H3,(H,48,50)(H,51,59)(H,52,55)(H,57,58)/t26-,27+,28-,30?,31?,34+,39-,46-/m1/s1. The Hall–Kier alpha value is -4.45. The maximum Gasteiger partial charge on any atom is 0.408 e. The van der Waals surface area contributed by atoms with Crippen LogP contribution in [-0.4, -0.2) is 131 Å². The number of hydrogen-bond acceptors (Lipinski definition) is 13. The summed E-state index contributed by atoms with van der Waals surface area (Å²) in [6.07, 6.45) is 0.647. The van der Waals surface area contributed by atoms with Gasteiger partial charge < -0.3 is 44.9 Å². The van der Waals surface area contributed by atoms with Crippen molar-refractivity contribution in [1.82, 2.24) is 30.4 Å². The van der Waals surface area contributed by atoms with Gasteiger partial charge in [0.2, 0.25) is 11.8 Å². The highest BCUT2D eigenvalue weighted by atomic mass is 35.5. The number of aromatic nitrogens is 2. The van der Waals surface area contributed by atoms with Crippen LogP contribution >= 0.6 is 22.9 Å². The third kappa shape index (κ3) is 10.8. The van der Waals surface area contributed by atoms with Gasteiger partial charge in [0.05, 0.1) is 31.0 Å². The molecule has 0 bridgehead atoms. The second-order valence-electron chi connectivity index (χ2n) is 19.4. The molecule has 64 heavy (non-hydrogen) atoms. The molecule has 4 aliphatic rings. The van der Waals surface area contributed by atoms with Crippen molar-refractivity contribution >= 4 is 62.8 Å². The van der Waals surface area contributed by atoms with E-state index in [0.717, 1.165) is 31.1 Å². The molecule has 4 fully saturated rings. The number of rotatable bonds is 17. The van der Waals surface area contributed by atoms with Gasteiger partial charge >= 0.3 is 12.1 Å². The maximum atomic E-state index is 14.8. The molecular weight excluding hydrogens is 862 g/mol. The van der Waals surface area contributed by atoms with Crippen LogP contribution in [0.1, 0.15) is 87.5 Å². The number of alkyl carbamates (subject to hydrolysis) is 1. The molecule has 2 aliphatic carbocycles. The summed E-state index contributed by atoms with van der Waals surface area (Å²) in [5.41, 5.74) is -0.883. The molecular formula is C46H64ClN7O9S. The number of amides is 3. The van der Waals surface area contributed by atoms with E-state index in [0.29, 0.717) is 89.4 Å². The van der Waals surface area contributed by atoms with Crippen molar-refractivity contribution in [2.75, 3.05) is 51.3 Å². The molecule has 0 radical (unpaired) electrons. The molecule has 3 aromatic rings. The lowest BCUT2D eigenvalue weighted by Gasteiger charge is -2.36.